The van der Waals surface area contributed by atoms with Crippen molar-refractivity contribution >= 4 is 98.7 Å². The fourth-order valence-corrected chi connectivity index (χ4v) is 10.7. The first-order chi connectivity index (χ1) is 58.3. The maximum atomic E-state index is 13.4. The molecule has 3 fully saturated rings. The molecule has 38 nitrogen and oxygen atoms in total. The number of halogens is 12. The average molecular weight is 1760 g/mol. The first-order valence-electron chi connectivity index (χ1n) is 36.0. The number of nitrogens with zero attached hydrogens (tertiary/aromatic N) is 15. The van der Waals surface area contributed by atoms with Gasteiger partial charge < -0.3 is 80.4 Å². The zero-order valence-electron chi connectivity index (χ0n) is 66.4. The monoisotopic (exact) mass is 1760 g/mol. The number of ether oxygens (including phenoxy) is 4. The van der Waals surface area contributed by atoms with Gasteiger partial charge in [0.05, 0.1) is 31.9 Å². The molecule has 0 spiro atoms. The van der Waals surface area contributed by atoms with Gasteiger partial charge in [-0.1, -0.05) is 54.2 Å². The molecule has 0 aliphatic carbocycles. The van der Waals surface area contributed by atoms with E-state index in [-0.39, 0.29) is 81.1 Å². The van der Waals surface area contributed by atoms with Crippen molar-refractivity contribution in [2.75, 3.05) is 105 Å². The Morgan fingerprint density at radius 1 is 0.427 bits per heavy atom. The Bertz CT molecular complexity index is 5650. The predicted octanol–water partition coefficient (Wildman–Crippen LogP) is 6.43. The normalized spacial score (nSPS) is 13.0. The number of carboxylic acids is 5. The summed E-state index contributed by atoms with van der Waals surface area (Å²) in [6.07, 6.45) is -20.3. The predicted molar refractivity (Wildman–Crippen MR) is 415 cm³/mol. The van der Waals surface area contributed by atoms with Crippen LogP contribution in [0.5, 0.6) is 35.3 Å². The molecular formula is C74H77F12N19O19. The summed E-state index contributed by atoms with van der Waals surface area (Å²) in [6, 6.07) is 19.9. The number of carboxylic acid groups (broad SMARTS) is 5. The lowest BCUT2D eigenvalue weighted by atomic mass is 10.2. The summed E-state index contributed by atoms with van der Waals surface area (Å²) in [5, 5.41) is 50.5. The SMILES string of the molecule is CC#CCn1c(N2CCNCC2)nc2nc(Oc3ccccc3C(=O)O)n(C)c(=O)c21.CC#CCn1c(N2CCNCC2)nc2nc(Oc3ccccc3C(=O)OCC)n(C)c(=O)c21.CC#CCn1c(N2CCNCC2)nc2nc(Oc3ccccc3NC(C)=O)n(C)c(=O)c21.O=C(O)C(F)(F)F.O=C(O)C(F)(F)F.O=C(O)C(F)(F)F.O=C(O)C(F)(F)F. The lowest BCUT2D eigenvalue weighted by Crippen LogP contribution is -2.44. The maximum Gasteiger partial charge on any atom is 0.490 e. The van der Waals surface area contributed by atoms with E-state index in [0.29, 0.717) is 71.1 Å². The number of esters is 1. The highest BCUT2D eigenvalue weighted by Crippen LogP contribution is 2.32. The van der Waals surface area contributed by atoms with Crippen molar-refractivity contribution in [2.24, 2.45) is 21.1 Å². The Labute approximate surface area is 691 Å². The highest BCUT2D eigenvalue weighted by Gasteiger charge is 2.41. The van der Waals surface area contributed by atoms with Gasteiger partial charge in [0.15, 0.2) is 39.2 Å². The largest absolute Gasteiger partial charge is 0.490 e. The zero-order chi connectivity index (χ0) is 92.3. The molecule has 50 heteroatoms. The molecule has 9 aromatic rings. The molecule has 0 radical (unpaired) electrons. The van der Waals surface area contributed by atoms with E-state index >= 15 is 0 Å². The Balaban J connectivity index is 0.000000248. The third-order valence-electron chi connectivity index (χ3n) is 16.5. The summed E-state index contributed by atoms with van der Waals surface area (Å²) in [6.45, 7) is 19.2. The van der Waals surface area contributed by atoms with Crippen molar-refractivity contribution in [3.05, 3.63) is 115 Å². The molecule has 12 rings (SSSR count). The number of aliphatic carboxylic acids is 4. The van der Waals surface area contributed by atoms with Gasteiger partial charge in [-0.3, -0.25) is 46.6 Å². The lowest BCUT2D eigenvalue weighted by molar-refractivity contribution is -0.193. The molecule has 6 aromatic heterocycles. The molecule has 0 bridgehead atoms. The Kier molecular flexibility index (Phi) is 35.0. The molecule has 3 aromatic carbocycles. The highest BCUT2D eigenvalue weighted by atomic mass is 19.4. The van der Waals surface area contributed by atoms with Crippen LogP contribution in [0.15, 0.2) is 87.2 Å². The molecule has 0 unspecified atom stereocenters. The van der Waals surface area contributed by atoms with Gasteiger partial charge >= 0.3 is 78.6 Å². The number of hydrogen-bond acceptors (Lipinski definition) is 26. The van der Waals surface area contributed by atoms with Crippen molar-refractivity contribution in [2.45, 2.75) is 79.0 Å². The quantitative estimate of drug-likeness (QED) is 0.0286. The van der Waals surface area contributed by atoms with E-state index in [2.05, 4.69) is 101 Å². The van der Waals surface area contributed by atoms with Gasteiger partial charge in [0.2, 0.25) is 23.8 Å². The topological polar surface area (TPSA) is 474 Å². The molecule has 0 saturated carbocycles. The molecule has 9 N–H and O–H groups in total. The van der Waals surface area contributed by atoms with Crippen LogP contribution in [0, 0.1) is 35.5 Å². The third kappa shape index (κ3) is 26.8. The Morgan fingerprint density at radius 3 is 0.968 bits per heavy atom. The lowest BCUT2D eigenvalue weighted by Gasteiger charge is -2.28. The number of rotatable bonds is 16. The second-order valence-electron chi connectivity index (χ2n) is 25.0. The summed E-state index contributed by atoms with van der Waals surface area (Å²) >= 11 is 0. The fraction of sp³-hybridized carbons (Fsp3) is 0.378. The van der Waals surface area contributed by atoms with Crippen LogP contribution < -0.4 is 66.9 Å². The number of aromatic carboxylic acids is 1. The number of imidazole rings is 3. The van der Waals surface area contributed by atoms with Crippen LogP contribution in [0.4, 0.5) is 76.2 Å². The summed E-state index contributed by atoms with van der Waals surface area (Å²) < 4.78 is 159. The van der Waals surface area contributed by atoms with Crippen LogP contribution in [0.3, 0.4) is 0 Å². The van der Waals surface area contributed by atoms with Crippen LogP contribution in [-0.4, -0.2) is 234 Å². The van der Waals surface area contributed by atoms with Crippen LogP contribution in [0.2, 0.25) is 0 Å². The van der Waals surface area contributed by atoms with E-state index in [1.165, 1.54) is 39.8 Å². The van der Waals surface area contributed by atoms with Crippen LogP contribution in [0.1, 0.15) is 55.3 Å². The number of amides is 1. The fourth-order valence-electron chi connectivity index (χ4n) is 10.7. The number of carbonyl (C=O) groups excluding carboxylic acids is 2. The first kappa shape index (κ1) is 98.3. The highest BCUT2D eigenvalue weighted by molar-refractivity contribution is 5.93. The second kappa shape index (κ2) is 44.2. The summed E-state index contributed by atoms with van der Waals surface area (Å²) in [4.78, 5) is 145. The van der Waals surface area contributed by atoms with Crippen molar-refractivity contribution in [3.8, 4) is 70.8 Å². The number of anilines is 4. The summed E-state index contributed by atoms with van der Waals surface area (Å²) in [5.74, 6) is 7.45. The third-order valence-corrected chi connectivity index (χ3v) is 16.5. The number of para-hydroxylation sites is 4. The molecule has 3 aliphatic rings. The molecule has 0 atom stereocenters. The molecule has 666 valence electrons. The number of benzene rings is 3. The molecule has 3 saturated heterocycles. The van der Waals surface area contributed by atoms with E-state index in [1.54, 1.807) is 107 Å². The number of nitrogens with one attached hydrogen (secondary N) is 4. The Hall–Kier alpha value is -14.5. The number of aromatic nitrogens is 12. The number of fused-ring (bicyclic) bond motifs is 3. The van der Waals surface area contributed by atoms with E-state index in [1.807, 2.05) is 9.13 Å². The minimum Gasteiger partial charge on any atom is -0.478 e. The summed E-state index contributed by atoms with van der Waals surface area (Å²) in [7, 11) is 4.70. The van der Waals surface area contributed by atoms with Gasteiger partial charge in [0.1, 0.15) is 22.6 Å². The van der Waals surface area contributed by atoms with E-state index in [9.17, 15) is 86.6 Å². The van der Waals surface area contributed by atoms with E-state index < -0.39 is 60.5 Å². The van der Waals surface area contributed by atoms with Crippen LogP contribution in [-0.2, 0) is 69.5 Å². The van der Waals surface area contributed by atoms with Crippen LogP contribution >= 0.6 is 0 Å². The van der Waals surface area contributed by atoms with Gasteiger partial charge in [-0.2, -0.15) is 82.6 Å². The number of piperazine rings is 3. The zero-order valence-corrected chi connectivity index (χ0v) is 66.4. The average Bonchev–Trinajstić information content (AvgIpc) is 1.61. The minimum atomic E-state index is -5.08. The second-order valence-corrected chi connectivity index (χ2v) is 25.0. The molecule has 9 heterocycles. The van der Waals surface area contributed by atoms with E-state index in [4.69, 9.17) is 58.6 Å². The van der Waals surface area contributed by atoms with E-state index in [0.717, 1.165) is 78.5 Å². The van der Waals surface area contributed by atoms with Crippen molar-refractivity contribution in [3.63, 3.8) is 0 Å². The van der Waals surface area contributed by atoms with Crippen molar-refractivity contribution < 1.29 is 131 Å². The molecule has 1 amide bonds. The van der Waals surface area contributed by atoms with Gasteiger partial charge in [0.25, 0.3) is 16.7 Å². The standard InChI is InChI=1S/C23H26N6O4.C22H25N7O3.C21H22N6O4.4C2HF3O2/c1-4-6-13-29-18-19(25-22(29)28-14-11-24-12-15-28)26-23(27(3)20(18)30)33-17-10-8-7-9-16(17)21(31)32-5-2;1-4-5-12-29-18-19(25-21(29)28-13-10-23-11-14-28)26-22(27(3)20(18)31)32-17-9-7-6-8-16(17)24-15(2)30;1-3-4-11-27-16-17(23-20(27)26-12-9-22-10-13-26)24-21(25(2)18(16)28)31-15-8-6-5-7-14(15)19(29)30;4*3-2(4,5)1(6)7/h7-10,24H,5,11-15H2,1-3H3;6-9,23H,10-14H2,1-3H3,(H,24,30);5-8,22H,9-13H2,1-2H3,(H,29,30);4*(H,6,7). The van der Waals surface area contributed by atoms with Crippen LogP contribution in [0.25, 0.3) is 33.5 Å². The first-order valence-corrected chi connectivity index (χ1v) is 36.0. The summed E-state index contributed by atoms with van der Waals surface area (Å²) in [5.41, 5.74) is 1.64. The minimum absolute atomic E-state index is 0.0258. The molecular weight excluding hydrogens is 1690 g/mol. The molecule has 124 heavy (non-hydrogen) atoms. The smallest absolute Gasteiger partial charge is 0.478 e. The van der Waals surface area contributed by atoms with Gasteiger partial charge in [-0.05, 0) is 64.1 Å². The maximum absolute atomic E-state index is 13.4. The van der Waals surface area contributed by atoms with Crippen molar-refractivity contribution in [1.29, 1.82) is 0 Å². The number of alkyl halides is 12. The van der Waals surface area contributed by atoms with Crippen molar-refractivity contribution in [1.82, 2.24) is 73.3 Å². The number of carbonyl (C=O) groups is 7. The molecule has 3 aliphatic heterocycles. The van der Waals surface area contributed by atoms with Gasteiger partial charge in [-0.25, -0.2) is 28.8 Å². The van der Waals surface area contributed by atoms with Gasteiger partial charge in [-0.15, -0.1) is 17.8 Å². The number of hydrogen-bond donors (Lipinski definition) is 9. The Morgan fingerprint density at radius 2 is 0.694 bits per heavy atom. The van der Waals surface area contributed by atoms with Gasteiger partial charge in [0, 0.05) is 107 Å².